The number of imidazole rings is 1. The SMILES string of the molecule is CC(CN)n1c(-c2cccc(F)c2)nc2ccccc21. The van der Waals surface area contributed by atoms with Gasteiger partial charge in [-0.2, -0.15) is 0 Å². The fourth-order valence-corrected chi connectivity index (χ4v) is 2.43. The van der Waals surface area contributed by atoms with Crippen LogP contribution in [0.3, 0.4) is 0 Å². The summed E-state index contributed by atoms with van der Waals surface area (Å²) in [6, 6.07) is 14.5. The summed E-state index contributed by atoms with van der Waals surface area (Å²) >= 11 is 0. The molecule has 3 aromatic rings. The molecule has 2 aromatic carbocycles. The lowest BCUT2D eigenvalue weighted by Crippen LogP contribution is -2.16. The molecular formula is C16H16FN3. The summed E-state index contributed by atoms with van der Waals surface area (Å²) in [6.45, 7) is 2.54. The van der Waals surface area contributed by atoms with E-state index in [1.54, 1.807) is 6.07 Å². The molecule has 0 aliphatic heterocycles. The molecule has 1 atom stereocenters. The van der Waals surface area contributed by atoms with Gasteiger partial charge >= 0.3 is 0 Å². The summed E-state index contributed by atoms with van der Waals surface area (Å²) in [7, 11) is 0. The smallest absolute Gasteiger partial charge is 0.141 e. The highest BCUT2D eigenvalue weighted by atomic mass is 19.1. The van der Waals surface area contributed by atoms with Crippen LogP contribution < -0.4 is 5.73 Å². The lowest BCUT2D eigenvalue weighted by Gasteiger charge is -2.15. The summed E-state index contributed by atoms with van der Waals surface area (Å²) in [4.78, 5) is 4.63. The second-order valence-electron chi connectivity index (χ2n) is 4.89. The van der Waals surface area contributed by atoms with E-state index in [9.17, 15) is 4.39 Å². The van der Waals surface area contributed by atoms with E-state index in [0.29, 0.717) is 6.54 Å². The van der Waals surface area contributed by atoms with E-state index in [1.807, 2.05) is 37.3 Å². The van der Waals surface area contributed by atoms with Crippen molar-refractivity contribution in [1.82, 2.24) is 9.55 Å². The second-order valence-corrected chi connectivity index (χ2v) is 4.89. The largest absolute Gasteiger partial charge is 0.328 e. The third-order valence-electron chi connectivity index (χ3n) is 3.46. The summed E-state index contributed by atoms with van der Waals surface area (Å²) in [5, 5.41) is 0. The highest BCUT2D eigenvalue weighted by molar-refractivity contribution is 5.80. The maximum atomic E-state index is 13.5. The van der Waals surface area contributed by atoms with Gasteiger partial charge in [0.1, 0.15) is 11.6 Å². The number of hydrogen-bond acceptors (Lipinski definition) is 2. The van der Waals surface area contributed by atoms with Crippen molar-refractivity contribution in [3.05, 3.63) is 54.3 Å². The highest BCUT2D eigenvalue weighted by Gasteiger charge is 2.16. The Morgan fingerprint density at radius 3 is 2.75 bits per heavy atom. The molecule has 0 saturated carbocycles. The molecule has 20 heavy (non-hydrogen) atoms. The van der Waals surface area contributed by atoms with Crippen LogP contribution in [0.1, 0.15) is 13.0 Å². The molecule has 1 aromatic heterocycles. The van der Waals surface area contributed by atoms with Gasteiger partial charge in [-0.05, 0) is 31.2 Å². The number of hydrogen-bond donors (Lipinski definition) is 1. The van der Waals surface area contributed by atoms with Crippen LogP contribution in [0.4, 0.5) is 4.39 Å². The standard InChI is InChI=1S/C16H16FN3/c1-11(10-18)20-15-8-3-2-7-14(15)19-16(20)12-5-4-6-13(17)9-12/h2-9,11H,10,18H2,1H3. The number of benzene rings is 2. The Kier molecular flexibility index (Phi) is 3.24. The van der Waals surface area contributed by atoms with Crippen LogP contribution in [0, 0.1) is 5.82 Å². The first-order valence-electron chi connectivity index (χ1n) is 6.63. The monoisotopic (exact) mass is 269 g/mol. The van der Waals surface area contributed by atoms with Gasteiger partial charge in [0.25, 0.3) is 0 Å². The Bertz CT molecular complexity index is 748. The minimum atomic E-state index is -0.262. The van der Waals surface area contributed by atoms with Crippen LogP contribution in [-0.4, -0.2) is 16.1 Å². The van der Waals surface area contributed by atoms with E-state index < -0.39 is 0 Å². The van der Waals surface area contributed by atoms with Crippen LogP contribution in [0.25, 0.3) is 22.4 Å². The Hall–Kier alpha value is -2.20. The average molecular weight is 269 g/mol. The van der Waals surface area contributed by atoms with Gasteiger partial charge in [0, 0.05) is 18.2 Å². The zero-order valence-electron chi connectivity index (χ0n) is 11.3. The van der Waals surface area contributed by atoms with Crippen molar-refractivity contribution in [3.8, 4) is 11.4 Å². The van der Waals surface area contributed by atoms with E-state index >= 15 is 0 Å². The molecule has 1 heterocycles. The van der Waals surface area contributed by atoms with E-state index in [2.05, 4.69) is 9.55 Å². The van der Waals surface area contributed by atoms with Crippen molar-refractivity contribution in [1.29, 1.82) is 0 Å². The Balaban J connectivity index is 2.29. The quantitative estimate of drug-likeness (QED) is 0.792. The number of nitrogens with zero attached hydrogens (tertiary/aromatic N) is 2. The second kappa shape index (κ2) is 5.06. The molecule has 3 rings (SSSR count). The van der Waals surface area contributed by atoms with Gasteiger partial charge in [-0.3, -0.25) is 0 Å². The van der Waals surface area contributed by atoms with Crippen molar-refractivity contribution in [2.24, 2.45) is 5.73 Å². The molecule has 0 saturated heterocycles. The van der Waals surface area contributed by atoms with Gasteiger partial charge in [-0.15, -0.1) is 0 Å². The first-order chi connectivity index (χ1) is 9.70. The zero-order valence-corrected chi connectivity index (χ0v) is 11.3. The maximum absolute atomic E-state index is 13.5. The zero-order chi connectivity index (χ0) is 14.1. The van der Waals surface area contributed by atoms with Crippen molar-refractivity contribution >= 4 is 11.0 Å². The van der Waals surface area contributed by atoms with E-state index in [0.717, 1.165) is 22.4 Å². The Morgan fingerprint density at radius 2 is 2.00 bits per heavy atom. The summed E-state index contributed by atoms with van der Waals surface area (Å²) in [5.74, 6) is 0.491. The lowest BCUT2D eigenvalue weighted by molar-refractivity contribution is 0.578. The molecule has 0 fully saturated rings. The molecule has 0 spiro atoms. The number of fused-ring (bicyclic) bond motifs is 1. The van der Waals surface area contributed by atoms with Crippen molar-refractivity contribution < 1.29 is 4.39 Å². The maximum Gasteiger partial charge on any atom is 0.141 e. The number of nitrogens with two attached hydrogens (primary N) is 1. The van der Waals surface area contributed by atoms with Crippen LogP contribution in [0.15, 0.2) is 48.5 Å². The number of para-hydroxylation sites is 2. The first-order valence-corrected chi connectivity index (χ1v) is 6.63. The predicted octanol–water partition coefficient (Wildman–Crippen LogP) is 3.36. The third-order valence-corrected chi connectivity index (χ3v) is 3.46. The predicted molar refractivity (Wildman–Crippen MR) is 78.9 cm³/mol. The lowest BCUT2D eigenvalue weighted by atomic mass is 10.2. The average Bonchev–Trinajstić information content (AvgIpc) is 2.86. The summed E-state index contributed by atoms with van der Waals surface area (Å²) in [6.07, 6.45) is 0. The van der Waals surface area contributed by atoms with Gasteiger partial charge in [0.15, 0.2) is 0 Å². The summed E-state index contributed by atoms with van der Waals surface area (Å²) < 4.78 is 15.5. The normalized spacial score (nSPS) is 12.8. The molecule has 0 aliphatic carbocycles. The van der Waals surface area contributed by atoms with Crippen LogP contribution in [0.2, 0.25) is 0 Å². The third kappa shape index (κ3) is 2.08. The number of halogens is 1. The topological polar surface area (TPSA) is 43.8 Å². The molecule has 0 radical (unpaired) electrons. The molecular weight excluding hydrogens is 253 g/mol. The fourth-order valence-electron chi connectivity index (χ4n) is 2.43. The van der Waals surface area contributed by atoms with Crippen LogP contribution >= 0.6 is 0 Å². The molecule has 2 N–H and O–H groups in total. The molecule has 3 nitrogen and oxygen atoms in total. The minimum absolute atomic E-state index is 0.0978. The first kappa shape index (κ1) is 12.8. The van der Waals surface area contributed by atoms with Gasteiger partial charge in [0.2, 0.25) is 0 Å². The van der Waals surface area contributed by atoms with Crippen molar-refractivity contribution in [2.45, 2.75) is 13.0 Å². The highest BCUT2D eigenvalue weighted by Crippen LogP contribution is 2.28. The van der Waals surface area contributed by atoms with E-state index in [-0.39, 0.29) is 11.9 Å². The summed E-state index contributed by atoms with van der Waals surface area (Å²) in [5.41, 5.74) is 8.49. The molecule has 0 aliphatic rings. The van der Waals surface area contributed by atoms with E-state index in [4.69, 9.17) is 5.73 Å². The van der Waals surface area contributed by atoms with Gasteiger partial charge in [0.05, 0.1) is 11.0 Å². The Morgan fingerprint density at radius 1 is 1.20 bits per heavy atom. The molecule has 1 unspecified atom stereocenters. The molecule has 102 valence electrons. The van der Waals surface area contributed by atoms with Gasteiger partial charge < -0.3 is 10.3 Å². The molecule has 0 amide bonds. The fraction of sp³-hybridized carbons (Fsp3) is 0.188. The minimum Gasteiger partial charge on any atom is -0.328 e. The van der Waals surface area contributed by atoms with Crippen LogP contribution in [-0.2, 0) is 0 Å². The van der Waals surface area contributed by atoms with Crippen LogP contribution in [0.5, 0.6) is 0 Å². The van der Waals surface area contributed by atoms with Gasteiger partial charge in [-0.25, -0.2) is 9.37 Å². The number of rotatable bonds is 3. The molecule has 4 heteroatoms. The van der Waals surface area contributed by atoms with Crippen molar-refractivity contribution in [2.75, 3.05) is 6.54 Å². The van der Waals surface area contributed by atoms with Gasteiger partial charge in [-0.1, -0.05) is 24.3 Å². The molecule has 0 bridgehead atoms. The number of aromatic nitrogens is 2. The Labute approximate surface area is 116 Å². The van der Waals surface area contributed by atoms with Crippen molar-refractivity contribution in [3.63, 3.8) is 0 Å². The van der Waals surface area contributed by atoms with E-state index in [1.165, 1.54) is 12.1 Å².